The van der Waals surface area contributed by atoms with Gasteiger partial charge in [0.05, 0.1) is 25.2 Å². The zero-order valence-electron chi connectivity index (χ0n) is 23.5. The number of aromatic amines is 1. The van der Waals surface area contributed by atoms with Crippen LogP contribution in [0.25, 0.3) is 0 Å². The Morgan fingerprint density at radius 2 is 1.69 bits per heavy atom. The number of phosphoric ester groups is 1. The van der Waals surface area contributed by atoms with Crippen LogP contribution in [0.15, 0.2) is 15.8 Å². The van der Waals surface area contributed by atoms with E-state index < -0.39 is 78.1 Å². The van der Waals surface area contributed by atoms with E-state index in [4.69, 9.17) is 20.3 Å². The molecule has 10 N–H and O–H groups in total. The van der Waals surface area contributed by atoms with Crippen LogP contribution in [0.2, 0.25) is 0 Å². The summed E-state index contributed by atoms with van der Waals surface area (Å²) < 4.78 is 52.1. The maximum atomic E-state index is 12.4. The third-order valence-electron chi connectivity index (χ3n) is 5.98. The molecule has 0 aromatic carbocycles. The number of thiol groups is 1. The predicted molar refractivity (Wildman–Crippen MR) is 156 cm³/mol. The van der Waals surface area contributed by atoms with Gasteiger partial charge in [-0.3, -0.25) is 28.5 Å². The zero-order chi connectivity index (χ0) is 34.0. The van der Waals surface area contributed by atoms with Crippen molar-refractivity contribution in [3.05, 3.63) is 32.6 Å². The Labute approximate surface area is 260 Å². The maximum Gasteiger partial charge on any atom is 0.490 e. The van der Waals surface area contributed by atoms with Crippen molar-refractivity contribution in [1.82, 2.24) is 20.2 Å². The molecule has 0 bridgehead atoms. The monoisotopic (exact) mass is 727 g/mol. The average molecular weight is 728 g/mol. The van der Waals surface area contributed by atoms with Crippen molar-refractivity contribution in [3.63, 3.8) is 0 Å². The van der Waals surface area contributed by atoms with Crippen molar-refractivity contribution >= 4 is 47.9 Å². The fourth-order valence-electron chi connectivity index (χ4n) is 3.87. The molecule has 21 nitrogen and oxygen atoms in total. The lowest BCUT2D eigenvalue weighted by Crippen LogP contribution is -2.42. The smallest absolute Gasteiger partial charge is 0.390 e. The number of carbonyl (C=O) groups excluding carboxylic acids is 2. The van der Waals surface area contributed by atoms with E-state index >= 15 is 0 Å². The SMILES string of the molecule is N[C@@H](CS)C(=O)NCCCCCCNC(=O)Cc1cn([C@H]2C[C@H](O)[C@@H](COP(=O)(O)OP(=O)(O)OP(=O)(O)O)O2)c(=O)[nH]c1=O. The number of amides is 2. The van der Waals surface area contributed by atoms with Crippen molar-refractivity contribution in [2.24, 2.45) is 5.73 Å². The zero-order valence-corrected chi connectivity index (χ0v) is 27.1. The van der Waals surface area contributed by atoms with Gasteiger partial charge in [0.25, 0.3) is 5.56 Å². The molecule has 1 aliphatic rings. The van der Waals surface area contributed by atoms with Crippen molar-refractivity contribution in [1.29, 1.82) is 0 Å². The molecule has 1 aliphatic heterocycles. The predicted octanol–water partition coefficient (Wildman–Crippen LogP) is -1.88. The summed E-state index contributed by atoms with van der Waals surface area (Å²) in [6.45, 7) is -0.197. The number of nitrogens with zero attached hydrogens (tertiary/aromatic N) is 1. The van der Waals surface area contributed by atoms with Gasteiger partial charge in [-0.15, -0.1) is 0 Å². The molecule has 2 heterocycles. The number of aliphatic hydroxyl groups excluding tert-OH is 1. The third kappa shape index (κ3) is 14.3. The Morgan fingerprint density at radius 3 is 2.29 bits per heavy atom. The second kappa shape index (κ2) is 17.4. The molecule has 6 atom stereocenters. The van der Waals surface area contributed by atoms with Crippen LogP contribution in [-0.2, 0) is 47.6 Å². The number of nitrogens with one attached hydrogen (secondary N) is 3. The third-order valence-corrected chi connectivity index (χ3v) is 10.2. The Bertz CT molecular complexity index is 1440. The quantitative estimate of drug-likeness (QED) is 0.0423. The number of phosphoric acid groups is 3. The van der Waals surface area contributed by atoms with Crippen molar-refractivity contribution < 1.29 is 65.8 Å². The van der Waals surface area contributed by atoms with Crippen LogP contribution in [0.3, 0.4) is 0 Å². The number of aromatic nitrogens is 2. The van der Waals surface area contributed by atoms with E-state index in [2.05, 4.69) is 36.4 Å². The summed E-state index contributed by atoms with van der Waals surface area (Å²) in [5, 5.41) is 15.6. The molecule has 2 unspecified atom stereocenters. The van der Waals surface area contributed by atoms with E-state index in [0.717, 1.165) is 23.6 Å². The molecule has 45 heavy (non-hydrogen) atoms. The van der Waals surface area contributed by atoms with E-state index in [-0.39, 0.29) is 23.6 Å². The van der Waals surface area contributed by atoms with Gasteiger partial charge < -0.3 is 45.8 Å². The number of carbonyl (C=O) groups is 2. The van der Waals surface area contributed by atoms with Crippen LogP contribution in [-0.4, -0.2) is 89.7 Å². The summed E-state index contributed by atoms with van der Waals surface area (Å²) in [5.41, 5.74) is 3.65. The molecule has 1 aromatic rings. The van der Waals surface area contributed by atoms with E-state index in [1.807, 2.05) is 4.98 Å². The molecule has 2 amide bonds. The molecule has 258 valence electrons. The number of hydrogen-bond acceptors (Lipinski definition) is 14. The molecule has 0 radical (unpaired) electrons. The van der Waals surface area contributed by atoms with Gasteiger partial charge in [-0.25, -0.2) is 18.5 Å². The van der Waals surface area contributed by atoms with Crippen LogP contribution in [0.1, 0.15) is 43.9 Å². The Balaban J connectivity index is 1.86. The van der Waals surface area contributed by atoms with Gasteiger partial charge in [-0.2, -0.15) is 21.3 Å². The van der Waals surface area contributed by atoms with Gasteiger partial charge in [-0.05, 0) is 12.8 Å². The molecule has 0 saturated carbocycles. The topological polar surface area (TPSA) is 328 Å². The number of hydrogen-bond donors (Lipinski definition) is 10. The highest BCUT2D eigenvalue weighted by Crippen LogP contribution is 2.66. The average Bonchev–Trinajstić information content (AvgIpc) is 3.27. The van der Waals surface area contributed by atoms with Crippen LogP contribution < -0.4 is 27.6 Å². The van der Waals surface area contributed by atoms with E-state index in [9.17, 15) is 47.8 Å². The Kier molecular flexibility index (Phi) is 15.3. The van der Waals surface area contributed by atoms with Gasteiger partial charge >= 0.3 is 29.2 Å². The van der Waals surface area contributed by atoms with Crippen LogP contribution >= 0.6 is 36.1 Å². The first kappa shape index (κ1) is 39.4. The largest absolute Gasteiger partial charge is 0.490 e. The van der Waals surface area contributed by atoms with Gasteiger partial charge in [0, 0.05) is 37.0 Å². The molecule has 1 fully saturated rings. The first-order chi connectivity index (χ1) is 20.8. The molecule has 0 aliphatic carbocycles. The van der Waals surface area contributed by atoms with E-state index in [1.165, 1.54) is 0 Å². The van der Waals surface area contributed by atoms with Crippen LogP contribution in [0, 0.1) is 0 Å². The van der Waals surface area contributed by atoms with Crippen molar-refractivity contribution in [2.75, 3.05) is 25.4 Å². The highest BCUT2D eigenvalue weighted by molar-refractivity contribution is 7.80. The maximum absolute atomic E-state index is 12.4. The fraction of sp³-hybridized carbons (Fsp3) is 0.700. The molecule has 1 saturated heterocycles. The second-order valence-electron chi connectivity index (χ2n) is 9.66. The van der Waals surface area contributed by atoms with Crippen molar-refractivity contribution in [3.8, 4) is 0 Å². The minimum atomic E-state index is -5.76. The normalized spacial score (nSPS) is 21.9. The molecule has 0 spiro atoms. The van der Waals surface area contributed by atoms with Gasteiger partial charge in [-0.1, -0.05) is 12.8 Å². The number of rotatable bonds is 19. The lowest BCUT2D eigenvalue weighted by Gasteiger charge is -2.19. The summed E-state index contributed by atoms with van der Waals surface area (Å²) in [6, 6.07) is -0.667. The fourth-order valence-corrected chi connectivity index (χ4v) is 7.06. The summed E-state index contributed by atoms with van der Waals surface area (Å²) in [5.74, 6) is -0.552. The van der Waals surface area contributed by atoms with Crippen molar-refractivity contribution in [2.45, 2.75) is 63.0 Å². The van der Waals surface area contributed by atoms with Gasteiger partial charge in [0.2, 0.25) is 11.8 Å². The first-order valence-electron chi connectivity index (χ1n) is 13.2. The number of unbranched alkanes of at least 4 members (excludes halogenated alkanes) is 3. The minimum Gasteiger partial charge on any atom is -0.390 e. The summed E-state index contributed by atoms with van der Waals surface area (Å²) in [6.07, 6.45) is -0.880. The first-order valence-corrected chi connectivity index (χ1v) is 18.3. The highest BCUT2D eigenvalue weighted by atomic mass is 32.1. The molecule has 25 heteroatoms. The number of H-pyrrole nitrogens is 1. The summed E-state index contributed by atoms with van der Waals surface area (Å²) >= 11 is 3.96. The Hall–Kier alpha value is -1.74. The highest BCUT2D eigenvalue weighted by Gasteiger charge is 2.43. The second-order valence-corrected chi connectivity index (χ2v) is 14.4. The molecular weight excluding hydrogens is 691 g/mol. The molecule has 1 aromatic heterocycles. The van der Waals surface area contributed by atoms with E-state index in [1.54, 1.807) is 0 Å². The number of ether oxygens (including phenoxy) is 1. The number of aliphatic hydroxyl groups is 1. The van der Waals surface area contributed by atoms with Gasteiger partial charge in [0.15, 0.2) is 0 Å². The number of nitrogens with two attached hydrogens (primary N) is 1. The van der Waals surface area contributed by atoms with Crippen LogP contribution in [0.5, 0.6) is 0 Å². The van der Waals surface area contributed by atoms with Crippen LogP contribution in [0.4, 0.5) is 0 Å². The minimum absolute atomic E-state index is 0.114. The Morgan fingerprint density at radius 1 is 1.07 bits per heavy atom. The van der Waals surface area contributed by atoms with E-state index in [0.29, 0.717) is 25.9 Å². The lowest BCUT2D eigenvalue weighted by molar-refractivity contribution is -0.122. The molecular formula is C20H36N5O16P3S. The standard InChI is InChI=1S/C20H36N5O16P3S/c21-13(11-45)19(29)23-6-4-2-1-3-5-22-16(27)7-12-9-25(20(30)24-18(12)28)17-8-14(26)15(39-17)10-38-43(34,35)41-44(36,37)40-42(31,32)33/h9,13-15,17,26,45H,1-8,10-11,21H2,(H,22,27)(H,23,29)(H,34,35)(H,36,37)(H,24,28,30)(H2,31,32,33)/t13-,14-,15+,17+/m0/s1. The van der Waals surface area contributed by atoms with Gasteiger partial charge in [0.1, 0.15) is 12.3 Å². The summed E-state index contributed by atoms with van der Waals surface area (Å²) in [7, 11) is -16.8. The lowest BCUT2D eigenvalue weighted by atomic mass is 10.1. The molecule has 2 rings (SSSR count). The summed E-state index contributed by atoms with van der Waals surface area (Å²) in [4.78, 5) is 86.6.